The zero-order chi connectivity index (χ0) is 11.7. The van der Waals surface area contributed by atoms with Crippen LogP contribution in [0.4, 0.5) is 8.78 Å². The highest BCUT2D eigenvalue weighted by Gasteiger charge is 2.12. The minimum atomic E-state index is -0.887. The van der Waals surface area contributed by atoms with Gasteiger partial charge in [-0.2, -0.15) is 0 Å². The Hall–Kier alpha value is -1.75. The lowest BCUT2D eigenvalue weighted by molar-refractivity contribution is 0.511. The van der Waals surface area contributed by atoms with E-state index in [9.17, 15) is 8.78 Å². The number of halogens is 2. The van der Waals surface area contributed by atoms with Gasteiger partial charge in [0.25, 0.3) is 0 Å². The van der Waals surface area contributed by atoms with Crippen LogP contribution < -0.4 is 5.73 Å². The maximum absolute atomic E-state index is 13.4. The van der Waals surface area contributed by atoms with E-state index in [1.165, 1.54) is 18.3 Å². The van der Waals surface area contributed by atoms with E-state index >= 15 is 0 Å². The van der Waals surface area contributed by atoms with Crippen molar-refractivity contribution in [3.63, 3.8) is 0 Å². The zero-order valence-electron chi connectivity index (χ0n) is 8.67. The summed E-state index contributed by atoms with van der Waals surface area (Å²) in [4.78, 5) is 6.85. The molecule has 0 amide bonds. The molecule has 3 N–H and O–H groups in total. The lowest BCUT2D eigenvalue weighted by Gasteiger charge is -2.01. The van der Waals surface area contributed by atoms with Crippen LogP contribution in [0.5, 0.6) is 0 Å². The van der Waals surface area contributed by atoms with Crippen molar-refractivity contribution in [1.82, 2.24) is 9.97 Å². The molecule has 2 rings (SSSR count). The van der Waals surface area contributed by atoms with E-state index in [1.54, 1.807) is 6.92 Å². The molecule has 16 heavy (non-hydrogen) atoms. The summed E-state index contributed by atoms with van der Waals surface area (Å²) in [6.45, 7) is 1.75. The highest BCUT2D eigenvalue weighted by Crippen LogP contribution is 2.23. The summed E-state index contributed by atoms with van der Waals surface area (Å²) in [7, 11) is 0. The molecule has 1 heterocycles. The maximum Gasteiger partial charge on any atom is 0.168 e. The molecule has 0 fully saturated rings. The first-order valence-electron chi connectivity index (χ1n) is 4.84. The predicted molar refractivity (Wildman–Crippen MR) is 56.5 cm³/mol. The molecule has 0 aliphatic rings. The lowest BCUT2D eigenvalue weighted by Crippen LogP contribution is -2.06. The second kappa shape index (κ2) is 4.02. The number of imidazole rings is 1. The second-order valence-corrected chi connectivity index (χ2v) is 3.57. The number of hydrogen-bond acceptors (Lipinski definition) is 2. The average Bonchev–Trinajstić information content (AvgIpc) is 2.71. The summed E-state index contributed by atoms with van der Waals surface area (Å²) in [5.74, 6) is -1.23. The first-order chi connectivity index (χ1) is 7.59. The van der Waals surface area contributed by atoms with Crippen LogP contribution in [-0.4, -0.2) is 9.97 Å². The van der Waals surface area contributed by atoms with E-state index < -0.39 is 11.6 Å². The number of aromatic nitrogens is 2. The topological polar surface area (TPSA) is 54.7 Å². The van der Waals surface area contributed by atoms with Gasteiger partial charge in [-0.15, -0.1) is 0 Å². The largest absolute Gasteiger partial charge is 0.341 e. The summed E-state index contributed by atoms with van der Waals surface area (Å²) >= 11 is 0. The number of nitrogens with one attached hydrogen (secondary N) is 1. The minimum Gasteiger partial charge on any atom is -0.341 e. The van der Waals surface area contributed by atoms with Crippen LogP contribution in [0, 0.1) is 11.6 Å². The van der Waals surface area contributed by atoms with Crippen LogP contribution in [-0.2, 0) is 0 Å². The number of nitrogens with two attached hydrogens (primary N) is 1. The van der Waals surface area contributed by atoms with Crippen LogP contribution >= 0.6 is 0 Å². The first-order valence-corrected chi connectivity index (χ1v) is 4.84. The molecule has 0 bridgehead atoms. The third-order valence-electron chi connectivity index (χ3n) is 2.27. The molecule has 0 aliphatic carbocycles. The molecule has 0 spiro atoms. The van der Waals surface area contributed by atoms with Crippen molar-refractivity contribution in [3.8, 4) is 11.3 Å². The van der Waals surface area contributed by atoms with Gasteiger partial charge in [0, 0.05) is 5.56 Å². The van der Waals surface area contributed by atoms with Gasteiger partial charge in [0.15, 0.2) is 11.6 Å². The Morgan fingerprint density at radius 1 is 1.38 bits per heavy atom. The molecule has 2 aromatic rings. The Morgan fingerprint density at radius 3 is 2.75 bits per heavy atom. The molecule has 0 saturated heterocycles. The van der Waals surface area contributed by atoms with Crippen LogP contribution in [0.2, 0.25) is 0 Å². The molecule has 3 nitrogen and oxygen atoms in total. The van der Waals surface area contributed by atoms with Crippen molar-refractivity contribution in [1.29, 1.82) is 0 Å². The van der Waals surface area contributed by atoms with Crippen molar-refractivity contribution >= 4 is 0 Å². The third-order valence-corrected chi connectivity index (χ3v) is 2.27. The third kappa shape index (κ3) is 1.81. The summed E-state index contributed by atoms with van der Waals surface area (Å²) in [5, 5.41) is 0. The molecule has 5 heteroatoms. The Labute approximate surface area is 91.3 Å². The van der Waals surface area contributed by atoms with E-state index in [0.29, 0.717) is 11.5 Å². The van der Waals surface area contributed by atoms with Crippen LogP contribution in [0.25, 0.3) is 11.3 Å². The van der Waals surface area contributed by atoms with Crippen molar-refractivity contribution in [3.05, 3.63) is 41.9 Å². The fraction of sp³-hybridized carbons (Fsp3) is 0.182. The molecular formula is C11H11F2N3. The highest BCUT2D eigenvalue weighted by molar-refractivity contribution is 5.59. The number of aromatic amines is 1. The molecular weight excluding hydrogens is 212 g/mol. The predicted octanol–water partition coefficient (Wildman–Crippen LogP) is 2.37. The van der Waals surface area contributed by atoms with Gasteiger partial charge >= 0.3 is 0 Å². The molecule has 1 atom stereocenters. The van der Waals surface area contributed by atoms with Gasteiger partial charge in [-0.3, -0.25) is 0 Å². The van der Waals surface area contributed by atoms with Crippen molar-refractivity contribution in [2.75, 3.05) is 0 Å². The molecule has 84 valence electrons. The number of H-pyrrole nitrogens is 1. The Kier molecular flexibility index (Phi) is 2.70. The fourth-order valence-electron chi connectivity index (χ4n) is 1.42. The Morgan fingerprint density at radius 2 is 2.12 bits per heavy atom. The summed E-state index contributed by atoms with van der Waals surface area (Å²) in [6, 6.07) is 3.73. The molecule has 1 aromatic heterocycles. The number of hydrogen-bond donors (Lipinski definition) is 2. The van der Waals surface area contributed by atoms with E-state index in [0.717, 1.165) is 6.07 Å². The molecule has 0 radical (unpaired) electrons. The van der Waals surface area contributed by atoms with Crippen molar-refractivity contribution in [2.45, 2.75) is 13.0 Å². The number of benzene rings is 1. The second-order valence-electron chi connectivity index (χ2n) is 3.57. The van der Waals surface area contributed by atoms with Crippen LogP contribution in [0.3, 0.4) is 0 Å². The fourth-order valence-corrected chi connectivity index (χ4v) is 1.42. The van der Waals surface area contributed by atoms with E-state index in [4.69, 9.17) is 5.73 Å². The average molecular weight is 223 g/mol. The molecule has 0 aliphatic heterocycles. The van der Waals surface area contributed by atoms with Gasteiger partial charge in [0.2, 0.25) is 0 Å². The van der Waals surface area contributed by atoms with Gasteiger partial charge < -0.3 is 10.7 Å². The quantitative estimate of drug-likeness (QED) is 0.821. The highest BCUT2D eigenvalue weighted by atomic mass is 19.2. The Balaban J connectivity index is 2.47. The standard InChI is InChI=1S/C11H11F2N3/c1-6(14)11-15-5-9(16-11)7-3-2-4-8(12)10(7)13/h2-6H,14H2,1H3,(H,15,16). The number of rotatable bonds is 2. The summed E-state index contributed by atoms with van der Waals surface area (Å²) < 4.78 is 26.4. The van der Waals surface area contributed by atoms with E-state index in [1.807, 2.05) is 0 Å². The SMILES string of the molecule is CC(N)c1ncc(-c2cccc(F)c2F)[nH]1. The smallest absolute Gasteiger partial charge is 0.168 e. The van der Waals surface area contributed by atoms with E-state index in [2.05, 4.69) is 9.97 Å². The van der Waals surface area contributed by atoms with Crippen molar-refractivity contribution in [2.24, 2.45) is 5.73 Å². The van der Waals surface area contributed by atoms with Gasteiger partial charge in [-0.1, -0.05) is 6.07 Å². The number of nitrogens with zero attached hydrogens (tertiary/aromatic N) is 1. The van der Waals surface area contributed by atoms with Crippen LogP contribution in [0.1, 0.15) is 18.8 Å². The van der Waals surface area contributed by atoms with Gasteiger partial charge in [-0.05, 0) is 19.1 Å². The normalized spacial score (nSPS) is 12.8. The van der Waals surface area contributed by atoms with Crippen molar-refractivity contribution < 1.29 is 8.78 Å². The molecule has 1 aromatic carbocycles. The maximum atomic E-state index is 13.4. The molecule has 1 unspecified atom stereocenters. The van der Waals surface area contributed by atoms with Gasteiger partial charge in [-0.25, -0.2) is 13.8 Å². The Bertz CT molecular complexity index is 506. The zero-order valence-corrected chi connectivity index (χ0v) is 8.67. The lowest BCUT2D eigenvalue weighted by atomic mass is 10.1. The molecule has 0 saturated carbocycles. The minimum absolute atomic E-state index is 0.152. The van der Waals surface area contributed by atoms with Crippen LogP contribution in [0.15, 0.2) is 24.4 Å². The summed E-state index contributed by atoms with van der Waals surface area (Å²) in [5.41, 5.74) is 6.18. The monoisotopic (exact) mass is 223 g/mol. The first kappa shape index (κ1) is 10.8. The summed E-state index contributed by atoms with van der Waals surface area (Å²) in [6.07, 6.45) is 1.44. The van der Waals surface area contributed by atoms with E-state index in [-0.39, 0.29) is 11.6 Å². The van der Waals surface area contributed by atoms with Gasteiger partial charge in [0.1, 0.15) is 5.82 Å². The van der Waals surface area contributed by atoms with Gasteiger partial charge in [0.05, 0.1) is 17.9 Å².